The van der Waals surface area contributed by atoms with Crippen molar-refractivity contribution in [1.29, 1.82) is 0 Å². The lowest BCUT2D eigenvalue weighted by Crippen LogP contribution is -2.39. The lowest BCUT2D eigenvalue weighted by Gasteiger charge is -2.38. The molecule has 10 fully saturated rings. The Morgan fingerprint density at radius 1 is 0.567 bits per heavy atom. The molecule has 20 unspecified atom stereocenters. The number of hydrogen-bond donors (Lipinski definition) is 4. The van der Waals surface area contributed by atoms with Gasteiger partial charge in [0, 0.05) is 21.1 Å². The molecule has 0 aromatic carbocycles. The van der Waals surface area contributed by atoms with Crippen molar-refractivity contribution in [3.05, 3.63) is 0 Å². The molecule has 0 aliphatic heterocycles. The van der Waals surface area contributed by atoms with Crippen LogP contribution in [0.2, 0.25) is 0 Å². The molecule has 67 heavy (non-hydrogen) atoms. The first kappa shape index (κ1) is 64.7. The minimum absolute atomic E-state index is 0. The van der Waals surface area contributed by atoms with Gasteiger partial charge in [0.2, 0.25) is 0 Å². The molecule has 0 saturated heterocycles. The van der Waals surface area contributed by atoms with E-state index < -0.39 is 35.9 Å². The van der Waals surface area contributed by atoms with Crippen LogP contribution >= 0.6 is 0 Å². The Kier molecular flexibility index (Phi) is 28.2. The molecule has 4 N–H and O–H groups in total. The fourth-order valence-corrected chi connectivity index (χ4v) is 15.9. The van der Waals surface area contributed by atoms with Crippen molar-refractivity contribution >= 4 is 23.9 Å². The Morgan fingerprint density at radius 3 is 1.58 bits per heavy atom. The average Bonchev–Trinajstić information content (AvgIpc) is 4.10. The van der Waals surface area contributed by atoms with Crippen molar-refractivity contribution in [1.82, 2.24) is 0 Å². The van der Waals surface area contributed by atoms with Gasteiger partial charge in [-0.1, -0.05) is 64.8 Å². The monoisotopic (exact) mass is 957 g/mol. The summed E-state index contributed by atoms with van der Waals surface area (Å²) in [5.41, 5.74) is 0. The lowest BCUT2D eigenvalue weighted by molar-refractivity contribution is -0.164. The molecule has 0 aromatic heterocycles. The van der Waals surface area contributed by atoms with Crippen LogP contribution in [0.5, 0.6) is 0 Å². The van der Waals surface area contributed by atoms with Crippen molar-refractivity contribution < 1.29 is 58.6 Å². The Hall–Kier alpha value is -2.28. The van der Waals surface area contributed by atoms with Gasteiger partial charge >= 0.3 is 17.9 Å². The summed E-state index contributed by atoms with van der Waals surface area (Å²) in [6, 6.07) is 0. The fourth-order valence-electron chi connectivity index (χ4n) is 15.9. The highest BCUT2D eigenvalue weighted by molar-refractivity contribution is 5.78. The third-order valence-electron chi connectivity index (χ3n) is 18.0. The second kappa shape index (κ2) is 29.2. The second-order valence-electron chi connectivity index (χ2n) is 20.9. The number of methoxy groups -OCH3 is 2. The highest BCUT2D eigenvalue weighted by atomic mass is 16.7. The van der Waals surface area contributed by atoms with Crippen LogP contribution in [-0.4, -0.2) is 90.7 Å². The van der Waals surface area contributed by atoms with Crippen molar-refractivity contribution in [3.8, 4) is 0 Å². The Balaban J connectivity index is 0.00000105. The number of aliphatic hydroxyl groups excluding tert-OH is 3. The summed E-state index contributed by atoms with van der Waals surface area (Å²) in [7, 11) is 3.81. The number of carbonyl (C=O) groups is 4. The molecule has 10 saturated carbocycles. The summed E-state index contributed by atoms with van der Waals surface area (Å²) in [6.45, 7) is 4.63. The molecule has 8 bridgehead atoms. The predicted octanol–water partition coefficient (Wildman–Crippen LogP) is 11.1. The zero-order chi connectivity index (χ0) is 44.1. The van der Waals surface area contributed by atoms with E-state index in [4.69, 9.17) is 34.0 Å². The Labute approximate surface area is 409 Å². The highest BCUT2D eigenvalue weighted by Crippen LogP contribution is 2.68. The van der Waals surface area contributed by atoms with Gasteiger partial charge in [-0.15, -0.1) is 0 Å². The number of carboxylic acids is 1. The third kappa shape index (κ3) is 14.2. The molecule has 20 atom stereocenters. The van der Waals surface area contributed by atoms with Gasteiger partial charge < -0.3 is 39.4 Å². The van der Waals surface area contributed by atoms with Crippen molar-refractivity contribution in [3.63, 3.8) is 0 Å². The van der Waals surface area contributed by atoms with Crippen molar-refractivity contribution in [2.45, 2.75) is 199 Å². The zero-order valence-corrected chi connectivity index (χ0v) is 38.0. The summed E-state index contributed by atoms with van der Waals surface area (Å²) in [6.07, 6.45) is 21.0. The normalized spacial score (nSPS) is 38.1. The maximum absolute atomic E-state index is 13.4. The molecule has 0 radical (unpaired) electrons. The third-order valence-corrected chi connectivity index (χ3v) is 18.0. The molecule has 0 aromatic rings. The topological polar surface area (TPSA) is 186 Å². The number of carbonyl (C=O) groups excluding carboxylic acids is 3. The van der Waals surface area contributed by atoms with Gasteiger partial charge in [0.25, 0.3) is 5.97 Å². The van der Waals surface area contributed by atoms with E-state index >= 15 is 0 Å². The molecular formula is C55H104O12. The van der Waals surface area contributed by atoms with E-state index in [1.54, 1.807) is 45.4 Å². The van der Waals surface area contributed by atoms with Gasteiger partial charge in [-0.3, -0.25) is 19.2 Å². The minimum Gasteiger partial charge on any atom is -0.481 e. The molecule has 396 valence electrons. The molecule has 0 heterocycles. The summed E-state index contributed by atoms with van der Waals surface area (Å²) in [5, 5.41) is 33.7. The van der Waals surface area contributed by atoms with Gasteiger partial charge in [-0.25, -0.2) is 0 Å². The molecule has 0 spiro atoms. The van der Waals surface area contributed by atoms with E-state index in [-0.39, 0.29) is 75.4 Å². The zero-order valence-electron chi connectivity index (χ0n) is 38.0. The first-order chi connectivity index (χ1) is 29.3. The van der Waals surface area contributed by atoms with Crippen molar-refractivity contribution in [2.24, 2.45) is 101 Å². The Bertz CT molecular complexity index is 1450. The summed E-state index contributed by atoms with van der Waals surface area (Å²) in [5.74, 6) is 8.73. The second-order valence-corrected chi connectivity index (χ2v) is 20.9. The van der Waals surface area contributed by atoms with Gasteiger partial charge in [0.05, 0.1) is 37.1 Å². The smallest absolute Gasteiger partial charge is 0.311 e. The number of carboxylic acid groups (broad SMARTS) is 1. The molecule has 10 aliphatic carbocycles. The van der Waals surface area contributed by atoms with E-state index in [1.807, 2.05) is 6.92 Å². The van der Waals surface area contributed by atoms with E-state index in [9.17, 15) is 24.6 Å². The number of ether oxygens (including phenoxy) is 4. The minimum atomic E-state index is -0.833. The fraction of sp³-hybridized carbons (Fsp3) is 0.927. The van der Waals surface area contributed by atoms with Crippen LogP contribution in [0, 0.1) is 101 Å². The average molecular weight is 957 g/mol. The molecule has 0 amide bonds. The first-order valence-electron chi connectivity index (χ1n) is 24.3. The van der Waals surface area contributed by atoms with Crippen LogP contribution < -0.4 is 0 Å². The lowest BCUT2D eigenvalue weighted by atomic mass is 9.70. The number of fused-ring (bicyclic) bond motifs is 19. The SMILES string of the molecule is C.C.C.C.C.C.C1CC2C3CCC(C3)C2C1.CC(=O)O.CCC(CC(CC(C)C(=O)OC)C(=O)OC1CC2CC1C1C3CCC(C3)C21)C(=O)OCOC.CO.OC1CC2C3CCC(C3)C2C1O. The number of esters is 3. The predicted molar refractivity (Wildman–Crippen MR) is 268 cm³/mol. The molecule has 10 aliphatic rings. The number of rotatable bonds is 11. The number of hydrogen-bond acceptors (Lipinski definition) is 11. The summed E-state index contributed by atoms with van der Waals surface area (Å²) in [4.78, 5) is 46.9. The number of aliphatic hydroxyl groups is 3. The van der Waals surface area contributed by atoms with E-state index in [2.05, 4.69) is 0 Å². The maximum atomic E-state index is 13.4. The van der Waals surface area contributed by atoms with Gasteiger partial charge in [-0.05, 0) is 192 Å². The van der Waals surface area contributed by atoms with Gasteiger partial charge in [-0.2, -0.15) is 0 Å². The molecule has 10 rings (SSSR count). The van der Waals surface area contributed by atoms with Crippen molar-refractivity contribution in [2.75, 3.05) is 28.1 Å². The van der Waals surface area contributed by atoms with E-state index in [1.165, 1.54) is 82.8 Å². The highest BCUT2D eigenvalue weighted by Gasteiger charge is 2.63. The van der Waals surface area contributed by atoms with Crippen LogP contribution in [0.25, 0.3) is 0 Å². The largest absolute Gasteiger partial charge is 0.481 e. The quantitative estimate of drug-likeness (QED) is 0.0666. The van der Waals surface area contributed by atoms with E-state index in [0.717, 1.165) is 62.4 Å². The molecule has 12 heteroatoms. The van der Waals surface area contributed by atoms with Gasteiger partial charge in [0.15, 0.2) is 6.79 Å². The van der Waals surface area contributed by atoms with Gasteiger partial charge in [0.1, 0.15) is 6.10 Å². The van der Waals surface area contributed by atoms with Crippen LogP contribution in [-0.2, 0) is 38.1 Å². The van der Waals surface area contributed by atoms with Crippen LogP contribution in [0.1, 0.15) is 181 Å². The molecule has 12 nitrogen and oxygen atoms in total. The first-order valence-corrected chi connectivity index (χ1v) is 24.3. The molecular weight excluding hydrogens is 853 g/mol. The summed E-state index contributed by atoms with van der Waals surface area (Å²) < 4.78 is 21.0. The van der Waals surface area contributed by atoms with Crippen LogP contribution in [0.15, 0.2) is 0 Å². The maximum Gasteiger partial charge on any atom is 0.311 e. The Morgan fingerprint density at radius 2 is 1.06 bits per heavy atom. The summed E-state index contributed by atoms with van der Waals surface area (Å²) >= 11 is 0. The van der Waals surface area contributed by atoms with Crippen LogP contribution in [0.4, 0.5) is 0 Å². The van der Waals surface area contributed by atoms with Crippen LogP contribution in [0.3, 0.4) is 0 Å². The number of aliphatic carboxylic acids is 1. The van der Waals surface area contributed by atoms with E-state index in [0.29, 0.717) is 42.9 Å². The standard InChI is InChI=1S/C26H40O7.C10H16O2.C10H16.C2H4O2.CH4O.6CH4/c1-5-15(25(28)32-13-30-3)9-19(8-14(2)24(27)31-4)26(29)33-21-12-18-11-20(21)23-17-7-6-16(10-17)22(18)23;11-8-4-7-5-1-2-6(3-5)9(7)10(8)12;1-2-9-7-4-5-8(6-7)10(9)3-1;1-2(3)4;1-2;;;;;;/h14-23H,5-13H2,1-4H3;5-12H,1-4H2;7-10H,1-6H2;1H3,(H,3,4);2H,1H3;6*1H4.